The Morgan fingerprint density at radius 1 is 1.05 bits per heavy atom. The first-order valence-electron chi connectivity index (χ1n) is 6.61. The summed E-state index contributed by atoms with van der Waals surface area (Å²) in [5, 5.41) is 0. The molecule has 0 aliphatic carbocycles. The van der Waals surface area contributed by atoms with Crippen molar-refractivity contribution in [1.29, 1.82) is 0 Å². The van der Waals surface area contributed by atoms with Crippen LogP contribution in [0.2, 0.25) is 0 Å². The van der Waals surface area contributed by atoms with E-state index >= 15 is 0 Å². The van der Waals surface area contributed by atoms with Crippen molar-refractivity contribution in [2.45, 2.75) is 18.7 Å². The van der Waals surface area contributed by atoms with Crippen LogP contribution < -0.4 is 9.47 Å². The maximum absolute atomic E-state index is 5.64. The Morgan fingerprint density at radius 2 is 1.71 bits per heavy atom. The van der Waals surface area contributed by atoms with Gasteiger partial charge in [0.15, 0.2) is 0 Å². The van der Waals surface area contributed by atoms with Crippen LogP contribution in [0.25, 0.3) is 0 Å². The second-order valence-electron chi connectivity index (χ2n) is 4.85. The Kier molecular flexibility index (Phi) is 5.33. The third-order valence-corrected chi connectivity index (χ3v) is 5.35. The van der Waals surface area contributed by atoms with Gasteiger partial charge in [0.1, 0.15) is 11.5 Å². The average Bonchev–Trinajstić information content (AvgIpc) is 2.49. The average molecular weight is 414 g/mol. The van der Waals surface area contributed by atoms with E-state index in [0.717, 1.165) is 38.2 Å². The van der Waals surface area contributed by atoms with Gasteiger partial charge in [0, 0.05) is 15.6 Å². The molecular formula is C17H18Br2O2. The molecule has 2 aromatic carbocycles. The number of benzene rings is 2. The molecule has 0 aliphatic heterocycles. The fraction of sp³-hybridized carbons (Fsp3) is 0.294. The number of aryl methyl sites for hydroxylation is 1. The molecule has 0 saturated heterocycles. The van der Waals surface area contributed by atoms with Gasteiger partial charge in [-0.15, -0.1) is 0 Å². The quantitative estimate of drug-likeness (QED) is 0.610. The van der Waals surface area contributed by atoms with E-state index in [-0.39, 0.29) is 4.83 Å². The van der Waals surface area contributed by atoms with Gasteiger partial charge >= 0.3 is 0 Å². The molecule has 0 bridgehead atoms. The summed E-state index contributed by atoms with van der Waals surface area (Å²) in [6, 6.07) is 10.1. The molecule has 2 nitrogen and oxygen atoms in total. The Labute approximate surface area is 142 Å². The number of hydrogen-bond donors (Lipinski definition) is 0. The highest BCUT2D eigenvalue weighted by Gasteiger charge is 2.23. The zero-order valence-electron chi connectivity index (χ0n) is 12.5. The first-order chi connectivity index (χ1) is 10.0. The summed E-state index contributed by atoms with van der Waals surface area (Å²) >= 11 is 7.44. The van der Waals surface area contributed by atoms with Crippen LogP contribution in [-0.2, 0) is 0 Å². The molecule has 21 heavy (non-hydrogen) atoms. The molecule has 0 amide bonds. The molecule has 4 heteroatoms. The van der Waals surface area contributed by atoms with Crippen molar-refractivity contribution in [3.63, 3.8) is 0 Å². The standard InChI is InChI=1S/C17H18Br2O2/c1-10-9-13(18)11(2)15(17(10)21-4)16(19)12-7-5-6-8-14(12)20-3/h5-9,16H,1-4H3. The van der Waals surface area contributed by atoms with Gasteiger partial charge in [-0.3, -0.25) is 0 Å². The number of ether oxygens (including phenoxy) is 2. The lowest BCUT2D eigenvalue weighted by atomic mass is 9.96. The van der Waals surface area contributed by atoms with Gasteiger partial charge in [0.2, 0.25) is 0 Å². The molecule has 0 radical (unpaired) electrons. The first kappa shape index (κ1) is 16.4. The fourth-order valence-electron chi connectivity index (χ4n) is 2.48. The summed E-state index contributed by atoms with van der Waals surface area (Å²) in [6.07, 6.45) is 0. The van der Waals surface area contributed by atoms with Gasteiger partial charge < -0.3 is 9.47 Å². The highest BCUT2D eigenvalue weighted by Crippen LogP contribution is 2.45. The van der Waals surface area contributed by atoms with E-state index in [1.807, 2.05) is 18.2 Å². The van der Waals surface area contributed by atoms with Gasteiger partial charge in [-0.05, 0) is 37.1 Å². The van der Waals surface area contributed by atoms with Crippen molar-refractivity contribution >= 4 is 31.9 Å². The fourth-order valence-corrected chi connectivity index (χ4v) is 3.97. The van der Waals surface area contributed by atoms with E-state index in [0.29, 0.717) is 0 Å². The van der Waals surface area contributed by atoms with Crippen molar-refractivity contribution < 1.29 is 9.47 Å². The summed E-state index contributed by atoms with van der Waals surface area (Å²) in [5.41, 5.74) is 4.46. The summed E-state index contributed by atoms with van der Waals surface area (Å²) in [5.74, 6) is 1.77. The second-order valence-corrected chi connectivity index (χ2v) is 6.62. The molecular weight excluding hydrogens is 396 g/mol. The van der Waals surface area contributed by atoms with Gasteiger partial charge in [0.25, 0.3) is 0 Å². The Balaban J connectivity index is 2.65. The van der Waals surface area contributed by atoms with Crippen molar-refractivity contribution in [3.8, 4) is 11.5 Å². The molecule has 1 atom stereocenters. The first-order valence-corrected chi connectivity index (χ1v) is 8.32. The molecule has 0 heterocycles. The van der Waals surface area contributed by atoms with E-state index in [4.69, 9.17) is 9.47 Å². The van der Waals surface area contributed by atoms with E-state index in [9.17, 15) is 0 Å². The smallest absolute Gasteiger partial charge is 0.126 e. The number of methoxy groups -OCH3 is 2. The van der Waals surface area contributed by atoms with Crippen LogP contribution in [0, 0.1) is 13.8 Å². The molecule has 0 spiro atoms. The van der Waals surface area contributed by atoms with Crippen LogP contribution >= 0.6 is 31.9 Å². The highest BCUT2D eigenvalue weighted by atomic mass is 79.9. The van der Waals surface area contributed by atoms with Crippen molar-refractivity contribution in [2.75, 3.05) is 14.2 Å². The zero-order valence-corrected chi connectivity index (χ0v) is 15.7. The number of halogens is 2. The van der Waals surface area contributed by atoms with Gasteiger partial charge in [-0.2, -0.15) is 0 Å². The molecule has 112 valence electrons. The van der Waals surface area contributed by atoms with Crippen LogP contribution in [0.4, 0.5) is 0 Å². The minimum atomic E-state index is -0.000185. The highest BCUT2D eigenvalue weighted by molar-refractivity contribution is 9.10. The van der Waals surface area contributed by atoms with Gasteiger partial charge in [0.05, 0.1) is 19.0 Å². The minimum Gasteiger partial charge on any atom is -0.496 e. The third kappa shape index (κ3) is 3.11. The van der Waals surface area contributed by atoms with Crippen molar-refractivity contribution in [3.05, 3.63) is 57.1 Å². The van der Waals surface area contributed by atoms with Crippen LogP contribution in [0.5, 0.6) is 11.5 Å². The van der Waals surface area contributed by atoms with Gasteiger partial charge in [-0.1, -0.05) is 50.1 Å². The predicted octanol–water partition coefficient (Wildman–Crippen LogP) is 5.57. The SMILES string of the molecule is COc1ccccc1C(Br)c1c(C)c(Br)cc(C)c1OC. The maximum Gasteiger partial charge on any atom is 0.126 e. The van der Waals surface area contributed by atoms with E-state index in [1.165, 1.54) is 0 Å². The number of hydrogen-bond acceptors (Lipinski definition) is 2. The van der Waals surface area contributed by atoms with Crippen molar-refractivity contribution in [1.82, 2.24) is 0 Å². The second kappa shape index (κ2) is 6.84. The van der Waals surface area contributed by atoms with Crippen LogP contribution in [-0.4, -0.2) is 14.2 Å². The molecule has 0 aromatic heterocycles. The van der Waals surface area contributed by atoms with Crippen LogP contribution in [0.1, 0.15) is 27.1 Å². The Morgan fingerprint density at radius 3 is 2.33 bits per heavy atom. The molecule has 0 aliphatic rings. The summed E-state index contributed by atoms with van der Waals surface area (Å²) in [4.78, 5) is -0.000185. The number of rotatable bonds is 4. The van der Waals surface area contributed by atoms with Crippen molar-refractivity contribution in [2.24, 2.45) is 0 Å². The lowest BCUT2D eigenvalue weighted by Crippen LogP contribution is -2.04. The molecule has 0 saturated carbocycles. The predicted molar refractivity (Wildman–Crippen MR) is 93.9 cm³/mol. The molecule has 2 rings (SSSR count). The topological polar surface area (TPSA) is 18.5 Å². The lowest BCUT2D eigenvalue weighted by molar-refractivity contribution is 0.403. The molecule has 0 fully saturated rings. The van der Waals surface area contributed by atoms with E-state index in [2.05, 4.69) is 57.8 Å². The Bertz CT molecular complexity index is 653. The third-order valence-electron chi connectivity index (χ3n) is 3.58. The largest absolute Gasteiger partial charge is 0.496 e. The van der Waals surface area contributed by atoms with Crippen LogP contribution in [0.15, 0.2) is 34.8 Å². The van der Waals surface area contributed by atoms with Crippen LogP contribution in [0.3, 0.4) is 0 Å². The summed E-state index contributed by atoms with van der Waals surface area (Å²) in [7, 11) is 3.40. The number of para-hydroxylation sites is 1. The molecule has 1 unspecified atom stereocenters. The number of alkyl halides is 1. The van der Waals surface area contributed by atoms with E-state index in [1.54, 1.807) is 14.2 Å². The monoisotopic (exact) mass is 412 g/mol. The lowest BCUT2D eigenvalue weighted by Gasteiger charge is -2.21. The van der Waals surface area contributed by atoms with Gasteiger partial charge in [-0.25, -0.2) is 0 Å². The maximum atomic E-state index is 5.64. The summed E-state index contributed by atoms with van der Waals surface area (Å²) in [6.45, 7) is 4.14. The normalized spacial score (nSPS) is 12.1. The minimum absolute atomic E-state index is 0.000185. The molecule has 0 N–H and O–H groups in total. The zero-order chi connectivity index (χ0) is 15.6. The Hall–Kier alpha value is -1.00. The molecule has 2 aromatic rings. The van der Waals surface area contributed by atoms with E-state index < -0.39 is 0 Å². The summed E-state index contributed by atoms with van der Waals surface area (Å²) < 4.78 is 12.2.